The van der Waals surface area contributed by atoms with Gasteiger partial charge >= 0.3 is 0 Å². The molecular weight excluding hydrogens is 366 g/mol. The van der Waals surface area contributed by atoms with E-state index in [1.807, 2.05) is 60.7 Å². The fourth-order valence-electron chi connectivity index (χ4n) is 3.13. The Kier molecular flexibility index (Phi) is 6.02. The summed E-state index contributed by atoms with van der Waals surface area (Å²) in [6.45, 7) is 3.49. The molecule has 1 aromatic heterocycles. The van der Waals surface area contributed by atoms with Gasteiger partial charge in [-0.05, 0) is 35.9 Å². The lowest BCUT2D eigenvalue weighted by molar-refractivity contribution is 0.102. The van der Waals surface area contributed by atoms with Gasteiger partial charge < -0.3 is 19.7 Å². The summed E-state index contributed by atoms with van der Waals surface area (Å²) < 4.78 is 11.2. The summed E-state index contributed by atoms with van der Waals surface area (Å²) in [5.41, 5.74) is 3.28. The van der Waals surface area contributed by atoms with E-state index in [-0.39, 0.29) is 5.91 Å². The monoisotopic (exact) mass is 389 g/mol. The van der Waals surface area contributed by atoms with Crippen molar-refractivity contribution in [2.75, 3.05) is 36.5 Å². The van der Waals surface area contributed by atoms with Crippen molar-refractivity contribution in [3.8, 4) is 5.75 Å². The van der Waals surface area contributed by atoms with Crippen LogP contribution in [0.5, 0.6) is 5.75 Å². The molecule has 0 bridgehead atoms. The molecule has 1 fully saturated rings. The molecular formula is C23H23N3O3. The normalized spacial score (nSPS) is 13.7. The maximum Gasteiger partial charge on any atom is 0.257 e. The van der Waals surface area contributed by atoms with E-state index in [0.29, 0.717) is 31.1 Å². The second kappa shape index (κ2) is 9.21. The van der Waals surface area contributed by atoms with Crippen LogP contribution in [0.15, 0.2) is 73.1 Å². The van der Waals surface area contributed by atoms with Gasteiger partial charge in [0, 0.05) is 25.0 Å². The predicted octanol–water partition coefficient (Wildman–Crippen LogP) is 3.75. The zero-order valence-corrected chi connectivity index (χ0v) is 16.1. The number of rotatable bonds is 6. The van der Waals surface area contributed by atoms with Crippen LogP contribution in [0, 0.1) is 0 Å². The van der Waals surface area contributed by atoms with Gasteiger partial charge in [0.15, 0.2) is 0 Å². The topological polar surface area (TPSA) is 63.7 Å². The molecule has 148 valence electrons. The molecule has 2 heterocycles. The summed E-state index contributed by atoms with van der Waals surface area (Å²) in [5, 5.41) is 2.91. The molecule has 3 aromatic rings. The summed E-state index contributed by atoms with van der Waals surface area (Å²) in [6.07, 6.45) is 3.36. The zero-order chi connectivity index (χ0) is 19.9. The van der Waals surface area contributed by atoms with E-state index in [0.717, 1.165) is 30.1 Å². The zero-order valence-electron chi connectivity index (χ0n) is 16.1. The number of nitrogens with one attached hydrogen (secondary N) is 1. The third-order valence-electron chi connectivity index (χ3n) is 4.72. The molecule has 0 spiro atoms. The molecule has 0 aliphatic carbocycles. The Morgan fingerprint density at radius 2 is 1.79 bits per heavy atom. The van der Waals surface area contributed by atoms with Crippen molar-refractivity contribution in [1.29, 1.82) is 0 Å². The SMILES string of the molecule is O=C(Nc1ccc(OCc2ccccc2)cc1)c1cncc(N2CCOCC2)c1. The van der Waals surface area contributed by atoms with Gasteiger partial charge in [-0.1, -0.05) is 30.3 Å². The minimum atomic E-state index is -0.189. The average Bonchev–Trinajstić information content (AvgIpc) is 2.80. The minimum Gasteiger partial charge on any atom is -0.489 e. The number of nitrogens with zero attached hydrogens (tertiary/aromatic N) is 2. The average molecular weight is 389 g/mol. The number of benzene rings is 2. The second-order valence-electron chi connectivity index (χ2n) is 6.78. The maximum atomic E-state index is 12.6. The number of amides is 1. The van der Waals surface area contributed by atoms with Crippen molar-refractivity contribution in [3.63, 3.8) is 0 Å². The van der Waals surface area contributed by atoms with Crippen LogP contribution < -0.4 is 15.0 Å². The van der Waals surface area contributed by atoms with Crippen LogP contribution in [-0.2, 0) is 11.3 Å². The van der Waals surface area contributed by atoms with Crippen LogP contribution in [0.4, 0.5) is 11.4 Å². The number of carbonyl (C=O) groups excluding carboxylic acids is 1. The van der Waals surface area contributed by atoms with Gasteiger partial charge in [-0.15, -0.1) is 0 Å². The number of hydrogen-bond acceptors (Lipinski definition) is 5. The van der Waals surface area contributed by atoms with Gasteiger partial charge in [0.25, 0.3) is 5.91 Å². The van der Waals surface area contributed by atoms with Crippen molar-refractivity contribution >= 4 is 17.3 Å². The molecule has 0 unspecified atom stereocenters. The fraction of sp³-hybridized carbons (Fsp3) is 0.217. The summed E-state index contributed by atoms with van der Waals surface area (Å²) >= 11 is 0. The fourth-order valence-corrected chi connectivity index (χ4v) is 3.13. The van der Waals surface area contributed by atoms with Crippen molar-refractivity contribution in [2.24, 2.45) is 0 Å². The van der Waals surface area contributed by atoms with E-state index in [1.54, 1.807) is 12.4 Å². The molecule has 6 heteroatoms. The third kappa shape index (κ3) is 5.12. The number of ether oxygens (including phenoxy) is 2. The van der Waals surface area contributed by atoms with Gasteiger partial charge in [-0.2, -0.15) is 0 Å². The largest absolute Gasteiger partial charge is 0.489 e. The van der Waals surface area contributed by atoms with Gasteiger partial charge in [-0.25, -0.2) is 0 Å². The van der Waals surface area contributed by atoms with Crippen molar-refractivity contribution in [3.05, 3.63) is 84.2 Å². The van der Waals surface area contributed by atoms with E-state index < -0.39 is 0 Å². The molecule has 1 saturated heterocycles. The quantitative estimate of drug-likeness (QED) is 0.696. The number of pyridine rings is 1. The lowest BCUT2D eigenvalue weighted by Gasteiger charge is -2.28. The first-order valence-electron chi connectivity index (χ1n) is 9.64. The van der Waals surface area contributed by atoms with Crippen LogP contribution in [-0.4, -0.2) is 37.2 Å². The third-order valence-corrected chi connectivity index (χ3v) is 4.72. The summed E-state index contributed by atoms with van der Waals surface area (Å²) in [5.74, 6) is 0.563. The first kappa shape index (κ1) is 19.0. The summed E-state index contributed by atoms with van der Waals surface area (Å²) in [4.78, 5) is 19.0. The molecule has 1 N–H and O–H groups in total. The molecule has 1 aliphatic rings. The number of carbonyl (C=O) groups is 1. The standard InChI is InChI=1S/C23H23N3O3/c27-23(19-14-21(16-24-15-19)26-10-12-28-13-11-26)25-20-6-8-22(9-7-20)29-17-18-4-2-1-3-5-18/h1-9,14-16H,10-13,17H2,(H,25,27). The smallest absolute Gasteiger partial charge is 0.257 e. The van der Waals surface area contributed by atoms with Crippen LogP contribution in [0.3, 0.4) is 0 Å². The van der Waals surface area contributed by atoms with E-state index in [1.165, 1.54) is 0 Å². The highest BCUT2D eigenvalue weighted by Gasteiger charge is 2.14. The van der Waals surface area contributed by atoms with E-state index >= 15 is 0 Å². The Hall–Kier alpha value is -3.38. The maximum absolute atomic E-state index is 12.6. The Balaban J connectivity index is 1.35. The van der Waals surface area contributed by atoms with E-state index in [4.69, 9.17) is 9.47 Å². The highest BCUT2D eigenvalue weighted by atomic mass is 16.5. The predicted molar refractivity (Wildman–Crippen MR) is 112 cm³/mol. The first-order valence-corrected chi connectivity index (χ1v) is 9.64. The molecule has 6 nitrogen and oxygen atoms in total. The molecule has 0 atom stereocenters. The molecule has 29 heavy (non-hydrogen) atoms. The molecule has 1 amide bonds. The lowest BCUT2D eigenvalue weighted by atomic mass is 10.2. The van der Waals surface area contributed by atoms with Crippen LogP contribution in [0.1, 0.15) is 15.9 Å². The minimum absolute atomic E-state index is 0.189. The number of morpholine rings is 1. The lowest BCUT2D eigenvalue weighted by Crippen LogP contribution is -2.36. The summed E-state index contributed by atoms with van der Waals surface area (Å²) in [7, 11) is 0. The molecule has 0 saturated carbocycles. The number of aromatic nitrogens is 1. The Morgan fingerprint density at radius 3 is 2.55 bits per heavy atom. The van der Waals surface area contributed by atoms with Crippen LogP contribution in [0.25, 0.3) is 0 Å². The van der Waals surface area contributed by atoms with Crippen LogP contribution >= 0.6 is 0 Å². The van der Waals surface area contributed by atoms with Gasteiger partial charge in [0.2, 0.25) is 0 Å². The van der Waals surface area contributed by atoms with Crippen molar-refractivity contribution in [2.45, 2.75) is 6.61 Å². The van der Waals surface area contributed by atoms with Crippen molar-refractivity contribution in [1.82, 2.24) is 4.98 Å². The van der Waals surface area contributed by atoms with Crippen LogP contribution in [0.2, 0.25) is 0 Å². The summed E-state index contributed by atoms with van der Waals surface area (Å²) in [6, 6.07) is 19.2. The highest BCUT2D eigenvalue weighted by molar-refractivity contribution is 6.04. The van der Waals surface area contributed by atoms with E-state index in [9.17, 15) is 4.79 Å². The Bertz CT molecular complexity index is 939. The molecule has 2 aromatic carbocycles. The molecule has 1 aliphatic heterocycles. The van der Waals surface area contributed by atoms with E-state index in [2.05, 4.69) is 15.2 Å². The van der Waals surface area contributed by atoms with Crippen molar-refractivity contribution < 1.29 is 14.3 Å². The highest BCUT2D eigenvalue weighted by Crippen LogP contribution is 2.20. The van der Waals surface area contributed by atoms with Gasteiger partial charge in [-0.3, -0.25) is 9.78 Å². The van der Waals surface area contributed by atoms with Gasteiger partial charge in [0.1, 0.15) is 12.4 Å². The Labute approximate surface area is 170 Å². The number of hydrogen-bond donors (Lipinski definition) is 1. The second-order valence-corrected chi connectivity index (χ2v) is 6.78. The number of anilines is 2. The Morgan fingerprint density at radius 1 is 1.03 bits per heavy atom. The molecule has 0 radical (unpaired) electrons. The first-order chi connectivity index (χ1) is 14.3. The van der Waals surface area contributed by atoms with Gasteiger partial charge in [0.05, 0.1) is 30.7 Å². The molecule has 4 rings (SSSR count).